The van der Waals surface area contributed by atoms with Crippen molar-refractivity contribution in [3.8, 4) is 5.75 Å². The highest BCUT2D eigenvalue weighted by Crippen LogP contribution is 2.18. The molecule has 0 aliphatic carbocycles. The number of methoxy groups -OCH3 is 1. The van der Waals surface area contributed by atoms with Gasteiger partial charge in [-0.05, 0) is 54.7 Å². The number of benzene rings is 2. The molecule has 0 aliphatic rings. The molecule has 0 spiro atoms. The number of nitrogens with two attached hydrogens (primary N) is 1. The van der Waals surface area contributed by atoms with E-state index in [1.54, 1.807) is 13.2 Å². The summed E-state index contributed by atoms with van der Waals surface area (Å²) >= 11 is 3.44. The van der Waals surface area contributed by atoms with Crippen molar-refractivity contribution in [1.82, 2.24) is 9.21 Å². The Labute approximate surface area is 230 Å². The summed E-state index contributed by atoms with van der Waals surface area (Å²) in [5, 5.41) is 10.9. The zero-order valence-corrected chi connectivity index (χ0v) is 24.4. The summed E-state index contributed by atoms with van der Waals surface area (Å²) in [6, 6.07) is 14.4. The van der Waals surface area contributed by atoms with Gasteiger partial charge in [-0.25, -0.2) is 12.7 Å². The van der Waals surface area contributed by atoms with Crippen molar-refractivity contribution < 1.29 is 23.1 Å². The third-order valence-electron chi connectivity index (χ3n) is 6.04. The molecule has 0 bridgehead atoms. The number of carbonyl (C=O) groups excluding carboxylic acids is 1. The third-order valence-corrected chi connectivity index (χ3v) is 8.40. The van der Waals surface area contributed by atoms with Crippen LogP contribution >= 0.6 is 15.9 Å². The van der Waals surface area contributed by atoms with Gasteiger partial charge in [0.25, 0.3) is 0 Å². The number of ether oxygens (including phenoxy) is 1. The van der Waals surface area contributed by atoms with Crippen LogP contribution in [0.5, 0.6) is 5.75 Å². The topological polar surface area (TPSA) is 113 Å². The summed E-state index contributed by atoms with van der Waals surface area (Å²) in [5.74, 6) is 0.0166. The molecule has 0 saturated carbocycles. The van der Waals surface area contributed by atoms with E-state index in [1.807, 2.05) is 56.3 Å². The SMILES string of the molecule is CCCN(CCC)S(=O)(=O)CCC(=O)N(Cc1cccc(OC)c1)CC(O)C(N)Cc1cccc(Br)c1. The van der Waals surface area contributed by atoms with Crippen LogP contribution in [0.1, 0.15) is 44.2 Å². The van der Waals surface area contributed by atoms with E-state index in [-0.39, 0.29) is 31.2 Å². The van der Waals surface area contributed by atoms with Crippen molar-refractivity contribution in [3.05, 3.63) is 64.1 Å². The summed E-state index contributed by atoms with van der Waals surface area (Å²) in [6.45, 7) is 4.90. The number of hydrogen-bond acceptors (Lipinski definition) is 6. The zero-order chi connectivity index (χ0) is 27.4. The monoisotopic (exact) mass is 597 g/mol. The number of carbonyl (C=O) groups is 1. The molecule has 10 heteroatoms. The first-order chi connectivity index (χ1) is 17.6. The zero-order valence-electron chi connectivity index (χ0n) is 22.0. The molecule has 0 fully saturated rings. The van der Waals surface area contributed by atoms with E-state index in [4.69, 9.17) is 10.5 Å². The van der Waals surface area contributed by atoms with Crippen molar-refractivity contribution in [2.24, 2.45) is 5.73 Å². The quantitative estimate of drug-likeness (QED) is 0.306. The molecule has 2 aromatic rings. The number of amides is 1. The molecular formula is C27H40BrN3O5S. The standard InChI is InChI=1S/C27H40BrN3O5S/c1-4-13-31(14-5-2)37(34,35)15-12-27(33)30(19-22-9-7-11-24(17-22)36-3)20-26(32)25(29)18-21-8-6-10-23(28)16-21/h6-11,16-17,25-26,32H,4-5,12-15,18-20,29H2,1-3H3. The molecule has 0 aromatic heterocycles. The number of aliphatic hydroxyl groups excluding tert-OH is 1. The van der Waals surface area contributed by atoms with Crippen LogP contribution in [0.25, 0.3) is 0 Å². The number of halogens is 1. The van der Waals surface area contributed by atoms with Crippen LogP contribution in [0.4, 0.5) is 0 Å². The van der Waals surface area contributed by atoms with E-state index >= 15 is 0 Å². The maximum Gasteiger partial charge on any atom is 0.224 e. The lowest BCUT2D eigenvalue weighted by atomic mass is 10.0. The predicted octanol–water partition coefficient (Wildman–Crippen LogP) is 3.56. The van der Waals surface area contributed by atoms with E-state index in [0.717, 1.165) is 15.6 Å². The minimum absolute atomic E-state index is 0.0150. The van der Waals surface area contributed by atoms with Crippen LogP contribution in [0.3, 0.4) is 0 Å². The molecule has 2 rings (SSSR count). The highest BCUT2D eigenvalue weighted by Gasteiger charge is 2.26. The fourth-order valence-corrected chi connectivity index (χ4v) is 6.13. The summed E-state index contributed by atoms with van der Waals surface area (Å²) in [4.78, 5) is 14.8. The van der Waals surface area contributed by atoms with Gasteiger partial charge in [0, 0.05) is 43.1 Å². The molecule has 37 heavy (non-hydrogen) atoms. The van der Waals surface area contributed by atoms with Crippen molar-refractivity contribution in [3.63, 3.8) is 0 Å². The first-order valence-corrected chi connectivity index (χ1v) is 15.1. The highest BCUT2D eigenvalue weighted by molar-refractivity contribution is 9.10. The summed E-state index contributed by atoms with van der Waals surface area (Å²) < 4.78 is 33.5. The number of hydrogen-bond donors (Lipinski definition) is 2. The van der Waals surface area contributed by atoms with Gasteiger partial charge in [0.2, 0.25) is 15.9 Å². The Morgan fingerprint density at radius 2 is 1.73 bits per heavy atom. The summed E-state index contributed by atoms with van der Waals surface area (Å²) in [7, 11) is -2.01. The Kier molecular flexibility index (Phi) is 13.0. The van der Waals surface area contributed by atoms with Crippen molar-refractivity contribution in [2.75, 3.05) is 32.5 Å². The molecular weight excluding hydrogens is 558 g/mol. The van der Waals surface area contributed by atoms with E-state index in [0.29, 0.717) is 38.1 Å². The molecule has 0 heterocycles. The Bertz CT molecular complexity index is 1090. The molecule has 2 aromatic carbocycles. The lowest BCUT2D eigenvalue weighted by molar-refractivity contribution is -0.133. The fourth-order valence-electron chi connectivity index (χ4n) is 4.07. The van der Waals surface area contributed by atoms with Crippen LogP contribution in [0, 0.1) is 0 Å². The minimum Gasteiger partial charge on any atom is -0.497 e. The van der Waals surface area contributed by atoms with E-state index in [1.165, 1.54) is 9.21 Å². The molecule has 1 amide bonds. The van der Waals surface area contributed by atoms with Crippen molar-refractivity contribution in [2.45, 2.75) is 58.2 Å². The summed E-state index contributed by atoms with van der Waals surface area (Å²) in [5.41, 5.74) is 8.08. The average molecular weight is 599 g/mol. The smallest absolute Gasteiger partial charge is 0.224 e. The second kappa shape index (κ2) is 15.4. The second-order valence-electron chi connectivity index (χ2n) is 9.16. The van der Waals surface area contributed by atoms with Gasteiger partial charge in [0.05, 0.1) is 19.0 Å². The highest BCUT2D eigenvalue weighted by atomic mass is 79.9. The second-order valence-corrected chi connectivity index (χ2v) is 12.2. The fraction of sp³-hybridized carbons (Fsp3) is 0.519. The van der Waals surface area contributed by atoms with Gasteiger partial charge >= 0.3 is 0 Å². The first kappa shape index (κ1) is 31.2. The van der Waals surface area contributed by atoms with Gasteiger partial charge < -0.3 is 20.5 Å². The molecule has 0 radical (unpaired) electrons. The van der Waals surface area contributed by atoms with Gasteiger partial charge in [-0.3, -0.25) is 4.79 Å². The Balaban J connectivity index is 2.16. The maximum absolute atomic E-state index is 13.3. The number of aliphatic hydroxyl groups is 1. The normalized spacial score (nSPS) is 13.4. The van der Waals surface area contributed by atoms with Crippen LogP contribution in [-0.2, 0) is 27.8 Å². The van der Waals surface area contributed by atoms with Crippen LogP contribution in [0.2, 0.25) is 0 Å². The van der Waals surface area contributed by atoms with Crippen molar-refractivity contribution in [1.29, 1.82) is 0 Å². The van der Waals surface area contributed by atoms with Crippen LogP contribution in [0.15, 0.2) is 53.0 Å². The molecule has 2 atom stereocenters. The Morgan fingerprint density at radius 3 is 2.35 bits per heavy atom. The third kappa shape index (κ3) is 10.4. The molecule has 2 unspecified atom stereocenters. The number of nitrogens with zero attached hydrogens (tertiary/aromatic N) is 2. The minimum atomic E-state index is -3.57. The lowest BCUT2D eigenvalue weighted by Crippen LogP contribution is -2.46. The molecule has 0 saturated heterocycles. The molecule has 206 valence electrons. The Hall–Kier alpha value is -1.98. The average Bonchev–Trinajstić information content (AvgIpc) is 2.86. The maximum atomic E-state index is 13.3. The van der Waals surface area contributed by atoms with Gasteiger partial charge in [-0.1, -0.05) is 54.0 Å². The van der Waals surface area contributed by atoms with Gasteiger partial charge in [-0.2, -0.15) is 0 Å². The van der Waals surface area contributed by atoms with Crippen LogP contribution in [-0.4, -0.2) is 73.3 Å². The van der Waals surface area contributed by atoms with E-state index in [9.17, 15) is 18.3 Å². The predicted molar refractivity (Wildman–Crippen MR) is 151 cm³/mol. The van der Waals surface area contributed by atoms with Gasteiger partial charge in [-0.15, -0.1) is 0 Å². The van der Waals surface area contributed by atoms with E-state index in [2.05, 4.69) is 15.9 Å². The van der Waals surface area contributed by atoms with Gasteiger partial charge in [0.1, 0.15) is 5.75 Å². The number of rotatable bonds is 16. The molecule has 3 N–H and O–H groups in total. The van der Waals surface area contributed by atoms with Crippen LogP contribution < -0.4 is 10.5 Å². The van der Waals surface area contributed by atoms with Gasteiger partial charge in [0.15, 0.2) is 0 Å². The first-order valence-electron chi connectivity index (χ1n) is 12.7. The molecule has 0 aliphatic heterocycles. The lowest BCUT2D eigenvalue weighted by Gasteiger charge is -2.29. The summed E-state index contributed by atoms with van der Waals surface area (Å²) in [6.07, 6.45) is 0.666. The largest absolute Gasteiger partial charge is 0.497 e. The molecule has 8 nitrogen and oxygen atoms in total. The van der Waals surface area contributed by atoms with E-state index < -0.39 is 22.2 Å². The number of sulfonamides is 1. The van der Waals surface area contributed by atoms with Crippen molar-refractivity contribution >= 4 is 31.9 Å². The Morgan fingerprint density at radius 1 is 1.08 bits per heavy atom.